The van der Waals surface area contributed by atoms with Gasteiger partial charge < -0.3 is 20.3 Å². The molecule has 1 heterocycles. The van der Waals surface area contributed by atoms with Gasteiger partial charge in [-0.1, -0.05) is 6.07 Å². The summed E-state index contributed by atoms with van der Waals surface area (Å²) in [6.45, 7) is 7.51. The first kappa shape index (κ1) is 22.3. The van der Waals surface area contributed by atoms with Crippen molar-refractivity contribution in [3.05, 3.63) is 24.3 Å². The molecular weight excluding hydrogens is 376 g/mol. The lowest BCUT2D eigenvalue weighted by molar-refractivity contribution is 0.415. The van der Waals surface area contributed by atoms with Gasteiger partial charge in [-0.15, -0.1) is 0 Å². The Labute approximate surface area is 169 Å². The minimum absolute atomic E-state index is 0.0457. The van der Waals surface area contributed by atoms with E-state index < -0.39 is 9.84 Å². The van der Waals surface area contributed by atoms with Crippen molar-refractivity contribution in [3.63, 3.8) is 0 Å². The summed E-state index contributed by atoms with van der Waals surface area (Å²) in [5, 5.41) is 6.57. The van der Waals surface area contributed by atoms with Crippen molar-refractivity contribution >= 4 is 21.5 Å². The summed E-state index contributed by atoms with van der Waals surface area (Å²) in [4.78, 5) is 7.11. The van der Waals surface area contributed by atoms with Gasteiger partial charge in [0.25, 0.3) is 0 Å². The molecule has 0 radical (unpaired) electrons. The zero-order chi connectivity index (χ0) is 20.6. The average molecular weight is 411 g/mol. The van der Waals surface area contributed by atoms with Gasteiger partial charge >= 0.3 is 0 Å². The maximum absolute atomic E-state index is 11.3. The Morgan fingerprint density at radius 3 is 2.89 bits per heavy atom. The minimum Gasteiger partial charge on any atom is -0.497 e. The number of sulfone groups is 1. The van der Waals surface area contributed by atoms with E-state index >= 15 is 0 Å². The molecule has 1 fully saturated rings. The number of hydrogen-bond acceptors (Lipinski definition) is 5. The third kappa shape index (κ3) is 7.58. The van der Waals surface area contributed by atoms with Gasteiger partial charge in [-0.05, 0) is 44.7 Å². The van der Waals surface area contributed by atoms with Gasteiger partial charge in [-0.3, -0.25) is 4.99 Å². The topological polar surface area (TPSA) is 83.0 Å². The number of nitrogens with zero attached hydrogens (tertiary/aromatic N) is 2. The number of rotatable bonds is 9. The van der Waals surface area contributed by atoms with Crippen molar-refractivity contribution in [1.29, 1.82) is 0 Å². The Morgan fingerprint density at radius 2 is 2.21 bits per heavy atom. The summed E-state index contributed by atoms with van der Waals surface area (Å²) in [6.07, 6.45) is 2.94. The van der Waals surface area contributed by atoms with Gasteiger partial charge in [0.05, 0.1) is 12.9 Å². The van der Waals surface area contributed by atoms with Gasteiger partial charge in [-0.2, -0.15) is 0 Å². The summed E-state index contributed by atoms with van der Waals surface area (Å²) < 4.78 is 28.0. The molecule has 28 heavy (non-hydrogen) atoms. The Bertz CT molecular complexity index is 752. The van der Waals surface area contributed by atoms with Crippen molar-refractivity contribution in [2.45, 2.75) is 32.7 Å². The first-order chi connectivity index (χ1) is 13.3. The molecule has 1 aromatic rings. The SMILES string of the molecule is CCNC(=NCC1CCN(c2cccc(OC)c2)C1)NC(C)CCS(C)(=O)=O. The molecule has 2 unspecified atom stereocenters. The van der Waals surface area contributed by atoms with E-state index in [-0.39, 0.29) is 11.8 Å². The molecule has 8 heteroatoms. The summed E-state index contributed by atoms with van der Waals surface area (Å²) >= 11 is 0. The molecule has 0 saturated carbocycles. The lowest BCUT2D eigenvalue weighted by Crippen LogP contribution is -2.43. The van der Waals surface area contributed by atoms with Crippen LogP contribution >= 0.6 is 0 Å². The molecule has 158 valence electrons. The van der Waals surface area contributed by atoms with E-state index in [2.05, 4.69) is 27.7 Å². The van der Waals surface area contributed by atoms with Crippen LogP contribution in [0.4, 0.5) is 5.69 Å². The first-order valence-corrected chi connectivity index (χ1v) is 12.0. The van der Waals surface area contributed by atoms with Crippen LogP contribution in [0.2, 0.25) is 0 Å². The van der Waals surface area contributed by atoms with Crippen LogP contribution in [-0.4, -0.2) is 65.7 Å². The standard InChI is InChI=1S/C20H34N4O3S/c1-5-21-20(23-16(2)10-12-28(4,25)26)22-14-17-9-11-24(15-17)18-7-6-8-19(13-18)27-3/h6-8,13,16-17H,5,9-12,14-15H2,1-4H3,(H2,21,22,23). The highest BCUT2D eigenvalue weighted by atomic mass is 32.2. The van der Waals surface area contributed by atoms with Crippen LogP contribution in [0.15, 0.2) is 29.3 Å². The highest BCUT2D eigenvalue weighted by Gasteiger charge is 2.23. The largest absolute Gasteiger partial charge is 0.497 e. The molecule has 7 nitrogen and oxygen atoms in total. The molecule has 0 bridgehead atoms. The molecule has 2 atom stereocenters. The van der Waals surface area contributed by atoms with Crippen molar-refractivity contribution in [3.8, 4) is 5.75 Å². The van der Waals surface area contributed by atoms with Crippen molar-refractivity contribution in [2.24, 2.45) is 10.9 Å². The smallest absolute Gasteiger partial charge is 0.191 e. The number of aliphatic imine (C=N–C) groups is 1. The fourth-order valence-electron chi connectivity index (χ4n) is 3.26. The Balaban J connectivity index is 1.88. The normalized spacial score (nSPS) is 18.8. The molecular formula is C20H34N4O3S. The second-order valence-corrected chi connectivity index (χ2v) is 9.75. The van der Waals surface area contributed by atoms with E-state index in [0.717, 1.165) is 44.3 Å². The molecule has 0 aromatic heterocycles. The van der Waals surface area contributed by atoms with Crippen LogP contribution in [0.1, 0.15) is 26.7 Å². The van der Waals surface area contributed by atoms with Crippen molar-refractivity contribution in [2.75, 3.05) is 50.2 Å². The van der Waals surface area contributed by atoms with Crippen LogP contribution in [0, 0.1) is 5.92 Å². The molecule has 2 rings (SSSR count). The van der Waals surface area contributed by atoms with Crippen LogP contribution in [0.5, 0.6) is 5.75 Å². The second-order valence-electron chi connectivity index (χ2n) is 7.49. The third-order valence-electron chi connectivity index (χ3n) is 4.86. The molecule has 2 N–H and O–H groups in total. The number of methoxy groups -OCH3 is 1. The van der Waals surface area contributed by atoms with Crippen LogP contribution in [0.3, 0.4) is 0 Å². The Kier molecular flexibility index (Phi) is 8.41. The monoisotopic (exact) mass is 410 g/mol. The van der Waals surface area contributed by atoms with Crippen molar-refractivity contribution < 1.29 is 13.2 Å². The summed E-state index contributed by atoms with van der Waals surface area (Å²) in [6, 6.07) is 8.21. The molecule has 0 amide bonds. The fourth-order valence-corrected chi connectivity index (χ4v) is 4.04. The number of hydrogen-bond donors (Lipinski definition) is 2. The highest BCUT2D eigenvalue weighted by Crippen LogP contribution is 2.26. The number of anilines is 1. The minimum atomic E-state index is -2.94. The second kappa shape index (κ2) is 10.5. The van der Waals surface area contributed by atoms with Gasteiger partial charge in [0, 0.05) is 50.2 Å². The Hall–Kier alpha value is -1.96. The number of nitrogens with one attached hydrogen (secondary N) is 2. The molecule has 1 aromatic carbocycles. The van der Waals surface area contributed by atoms with E-state index in [0.29, 0.717) is 12.3 Å². The van der Waals surface area contributed by atoms with Gasteiger partial charge in [0.15, 0.2) is 5.96 Å². The van der Waals surface area contributed by atoms with Gasteiger partial charge in [-0.25, -0.2) is 8.42 Å². The predicted octanol–water partition coefficient (Wildman–Crippen LogP) is 1.90. The lowest BCUT2D eigenvalue weighted by Gasteiger charge is -2.20. The average Bonchev–Trinajstić information content (AvgIpc) is 3.13. The highest BCUT2D eigenvalue weighted by molar-refractivity contribution is 7.90. The van der Waals surface area contributed by atoms with Crippen LogP contribution in [0.25, 0.3) is 0 Å². The molecule has 1 aliphatic rings. The summed E-state index contributed by atoms with van der Waals surface area (Å²) in [7, 11) is -1.26. The van der Waals surface area contributed by atoms with E-state index in [4.69, 9.17) is 9.73 Å². The first-order valence-electron chi connectivity index (χ1n) is 9.92. The van der Waals surface area contributed by atoms with E-state index in [1.165, 1.54) is 11.9 Å². The zero-order valence-corrected chi connectivity index (χ0v) is 18.3. The predicted molar refractivity (Wildman–Crippen MR) is 116 cm³/mol. The number of guanidine groups is 1. The van der Waals surface area contributed by atoms with Crippen LogP contribution in [-0.2, 0) is 9.84 Å². The molecule has 1 saturated heterocycles. The molecule has 0 spiro atoms. The van der Waals surface area contributed by atoms with Gasteiger partial charge in [0.1, 0.15) is 15.6 Å². The quantitative estimate of drug-likeness (QED) is 0.478. The fraction of sp³-hybridized carbons (Fsp3) is 0.650. The van der Waals surface area contributed by atoms with E-state index in [9.17, 15) is 8.42 Å². The summed E-state index contributed by atoms with van der Waals surface area (Å²) in [5.74, 6) is 2.30. The van der Waals surface area contributed by atoms with E-state index in [1.54, 1.807) is 7.11 Å². The molecule has 1 aliphatic heterocycles. The maximum atomic E-state index is 11.3. The number of benzene rings is 1. The van der Waals surface area contributed by atoms with E-state index in [1.807, 2.05) is 26.0 Å². The number of ether oxygens (including phenoxy) is 1. The third-order valence-corrected chi connectivity index (χ3v) is 5.84. The maximum Gasteiger partial charge on any atom is 0.191 e. The summed E-state index contributed by atoms with van der Waals surface area (Å²) in [5.41, 5.74) is 1.19. The Morgan fingerprint density at radius 1 is 1.43 bits per heavy atom. The lowest BCUT2D eigenvalue weighted by atomic mass is 10.1. The molecule has 0 aliphatic carbocycles. The van der Waals surface area contributed by atoms with Gasteiger partial charge in [0.2, 0.25) is 0 Å². The van der Waals surface area contributed by atoms with Crippen LogP contribution < -0.4 is 20.3 Å². The zero-order valence-electron chi connectivity index (χ0n) is 17.4. The van der Waals surface area contributed by atoms with Crippen molar-refractivity contribution in [1.82, 2.24) is 10.6 Å².